The Morgan fingerprint density at radius 3 is 2.57 bits per heavy atom. The van der Waals surface area contributed by atoms with Gasteiger partial charge in [-0.15, -0.1) is 0 Å². The fourth-order valence-electron chi connectivity index (χ4n) is 2.65. The lowest BCUT2D eigenvalue weighted by atomic mass is 9.93. The van der Waals surface area contributed by atoms with Gasteiger partial charge < -0.3 is 15.2 Å². The second-order valence-electron chi connectivity index (χ2n) is 5.65. The average Bonchev–Trinajstić information content (AvgIpc) is 2.58. The van der Waals surface area contributed by atoms with E-state index in [1.54, 1.807) is 24.3 Å². The molecule has 6 heteroatoms. The van der Waals surface area contributed by atoms with Gasteiger partial charge >= 0.3 is 5.97 Å². The number of amides is 1. The predicted octanol–water partition coefficient (Wildman–Crippen LogP) is 1.65. The number of hydrogen-bond donors (Lipinski definition) is 2. The van der Waals surface area contributed by atoms with Crippen molar-refractivity contribution in [3.8, 4) is 0 Å². The standard InChI is InChI=1S/C17H21NO5/c19-14(12-5-2-1-3-6-12)8-9-15(20)18-16(17(21)22)13-7-4-10-23-11-13/h1-3,5-6,13,16H,4,7-11H2,(H,18,20)(H,21,22). The lowest BCUT2D eigenvalue weighted by molar-refractivity contribution is -0.145. The average molecular weight is 319 g/mol. The van der Waals surface area contributed by atoms with Gasteiger partial charge in [0.2, 0.25) is 5.91 Å². The zero-order valence-corrected chi connectivity index (χ0v) is 12.9. The normalized spacial score (nSPS) is 18.9. The van der Waals surface area contributed by atoms with E-state index in [4.69, 9.17) is 4.74 Å². The second-order valence-corrected chi connectivity index (χ2v) is 5.65. The molecule has 0 aromatic heterocycles. The van der Waals surface area contributed by atoms with Gasteiger partial charge in [-0.3, -0.25) is 9.59 Å². The Hall–Kier alpha value is -2.21. The number of ether oxygens (including phenoxy) is 1. The molecule has 0 bridgehead atoms. The van der Waals surface area contributed by atoms with Gasteiger partial charge in [-0.05, 0) is 12.8 Å². The molecule has 0 radical (unpaired) electrons. The largest absolute Gasteiger partial charge is 0.480 e. The van der Waals surface area contributed by atoms with Gasteiger partial charge in [-0.2, -0.15) is 0 Å². The van der Waals surface area contributed by atoms with Crippen LogP contribution in [0.1, 0.15) is 36.0 Å². The lowest BCUT2D eigenvalue weighted by Gasteiger charge is -2.28. The molecule has 6 nitrogen and oxygen atoms in total. The Kier molecular flexibility index (Phi) is 6.29. The van der Waals surface area contributed by atoms with E-state index in [-0.39, 0.29) is 24.5 Å². The van der Waals surface area contributed by atoms with Gasteiger partial charge in [0.15, 0.2) is 5.78 Å². The summed E-state index contributed by atoms with van der Waals surface area (Å²) in [4.78, 5) is 35.3. The number of aliphatic carboxylic acids is 1. The molecule has 2 rings (SSSR count). The van der Waals surface area contributed by atoms with Crippen LogP contribution < -0.4 is 5.32 Å². The number of rotatable bonds is 7. The van der Waals surface area contributed by atoms with Crippen LogP contribution in [-0.4, -0.2) is 42.0 Å². The highest BCUT2D eigenvalue weighted by atomic mass is 16.5. The van der Waals surface area contributed by atoms with Crippen LogP contribution in [0.2, 0.25) is 0 Å². The van der Waals surface area contributed by atoms with Crippen molar-refractivity contribution in [2.45, 2.75) is 31.7 Å². The number of benzene rings is 1. The molecule has 1 aliphatic rings. The van der Waals surface area contributed by atoms with Crippen molar-refractivity contribution in [3.63, 3.8) is 0 Å². The molecule has 1 heterocycles. The number of carbonyl (C=O) groups excluding carboxylic acids is 2. The molecule has 2 N–H and O–H groups in total. The topological polar surface area (TPSA) is 92.7 Å². The fourth-order valence-corrected chi connectivity index (χ4v) is 2.65. The van der Waals surface area contributed by atoms with Crippen LogP contribution in [0.25, 0.3) is 0 Å². The summed E-state index contributed by atoms with van der Waals surface area (Å²) in [6.07, 6.45) is 1.53. The molecule has 124 valence electrons. The summed E-state index contributed by atoms with van der Waals surface area (Å²) >= 11 is 0. The minimum absolute atomic E-state index is 0.0227. The lowest BCUT2D eigenvalue weighted by Crippen LogP contribution is -2.48. The van der Waals surface area contributed by atoms with E-state index in [9.17, 15) is 19.5 Å². The van der Waals surface area contributed by atoms with E-state index in [0.717, 1.165) is 6.42 Å². The number of carboxylic acid groups (broad SMARTS) is 1. The van der Waals surface area contributed by atoms with Gasteiger partial charge in [-0.1, -0.05) is 30.3 Å². The zero-order chi connectivity index (χ0) is 16.7. The van der Waals surface area contributed by atoms with Crippen molar-refractivity contribution in [3.05, 3.63) is 35.9 Å². The summed E-state index contributed by atoms with van der Waals surface area (Å²) in [5.74, 6) is -1.85. The van der Waals surface area contributed by atoms with Crippen molar-refractivity contribution < 1.29 is 24.2 Å². The first-order valence-electron chi connectivity index (χ1n) is 7.76. The van der Waals surface area contributed by atoms with Gasteiger partial charge in [0.1, 0.15) is 6.04 Å². The van der Waals surface area contributed by atoms with Crippen molar-refractivity contribution in [2.24, 2.45) is 5.92 Å². The number of ketones is 1. The SMILES string of the molecule is O=C(CCC(=O)c1ccccc1)NC(C(=O)O)C1CCCOC1. The number of hydrogen-bond acceptors (Lipinski definition) is 4. The summed E-state index contributed by atoms with van der Waals surface area (Å²) in [5, 5.41) is 11.8. The molecule has 23 heavy (non-hydrogen) atoms. The number of Topliss-reactive ketones (excluding diaryl/α,β-unsaturated/α-hetero) is 1. The van der Waals surface area contributed by atoms with Crippen LogP contribution in [0.15, 0.2) is 30.3 Å². The first-order chi connectivity index (χ1) is 11.1. The first kappa shape index (κ1) is 17.1. The van der Waals surface area contributed by atoms with Crippen LogP contribution in [0.3, 0.4) is 0 Å². The Labute approximate surface area is 134 Å². The second kappa shape index (κ2) is 8.43. The maximum absolute atomic E-state index is 12.0. The van der Waals surface area contributed by atoms with Crippen molar-refractivity contribution in [1.82, 2.24) is 5.32 Å². The molecule has 0 spiro atoms. The minimum Gasteiger partial charge on any atom is -0.480 e. The van der Waals surface area contributed by atoms with Crippen LogP contribution in [0.4, 0.5) is 0 Å². The Bertz CT molecular complexity index is 551. The zero-order valence-electron chi connectivity index (χ0n) is 12.9. The Balaban J connectivity index is 1.84. The minimum atomic E-state index is -1.07. The van der Waals surface area contributed by atoms with Crippen LogP contribution >= 0.6 is 0 Å². The molecule has 1 aliphatic heterocycles. The molecule has 2 atom stereocenters. The third-order valence-electron chi connectivity index (χ3n) is 3.92. The molecule has 2 unspecified atom stereocenters. The molecular weight excluding hydrogens is 298 g/mol. The van der Waals surface area contributed by atoms with Crippen LogP contribution in [0, 0.1) is 5.92 Å². The van der Waals surface area contributed by atoms with E-state index in [0.29, 0.717) is 25.2 Å². The molecule has 0 saturated carbocycles. The highest BCUT2D eigenvalue weighted by Gasteiger charge is 2.31. The highest BCUT2D eigenvalue weighted by molar-refractivity contribution is 5.98. The third kappa shape index (κ3) is 5.17. The Morgan fingerprint density at radius 1 is 1.22 bits per heavy atom. The molecule has 1 aromatic rings. The highest BCUT2D eigenvalue weighted by Crippen LogP contribution is 2.18. The molecule has 0 aliphatic carbocycles. The summed E-state index contributed by atoms with van der Waals surface area (Å²) in [6.45, 7) is 0.961. The van der Waals surface area contributed by atoms with Gasteiger partial charge in [0.25, 0.3) is 0 Å². The monoisotopic (exact) mass is 319 g/mol. The number of nitrogens with one attached hydrogen (secondary N) is 1. The third-order valence-corrected chi connectivity index (χ3v) is 3.92. The van der Waals surface area contributed by atoms with E-state index >= 15 is 0 Å². The molecule has 1 aromatic carbocycles. The van der Waals surface area contributed by atoms with E-state index < -0.39 is 17.9 Å². The summed E-state index contributed by atoms with van der Waals surface area (Å²) in [7, 11) is 0. The van der Waals surface area contributed by atoms with Crippen LogP contribution in [0.5, 0.6) is 0 Å². The molecule has 1 fully saturated rings. The van der Waals surface area contributed by atoms with E-state index in [1.807, 2.05) is 6.07 Å². The van der Waals surface area contributed by atoms with E-state index in [1.165, 1.54) is 0 Å². The Morgan fingerprint density at radius 2 is 1.96 bits per heavy atom. The smallest absolute Gasteiger partial charge is 0.326 e. The molecular formula is C17H21NO5. The molecule has 1 saturated heterocycles. The first-order valence-corrected chi connectivity index (χ1v) is 7.76. The van der Waals surface area contributed by atoms with Crippen molar-refractivity contribution >= 4 is 17.7 Å². The van der Waals surface area contributed by atoms with Crippen molar-refractivity contribution in [1.29, 1.82) is 0 Å². The summed E-state index contributed by atoms with van der Waals surface area (Å²) in [6, 6.07) is 7.76. The number of carboxylic acids is 1. The summed E-state index contributed by atoms with van der Waals surface area (Å²) < 4.78 is 5.28. The van der Waals surface area contributed by atoms with Crippen LogP contribution in [-0.2, 0) is 14.3 Å². The number of carbonyl (C=O) groups is 3. The quantitative estimate of drug-likeness (QED) is 0.745. The summed E-state index contributed by atoms with van der Waals surface area (Å²) in [5.41, 5.74) is 0.552. The van der Waals surface area contributed by atoms with Gasteiger partial charge in [-0.25, -0.2) is 4.79 Å². The maximum Gasteiger partial charge on any atom is 0.326 e. The van der Waals surface area contributed by atoms with Crippen molar-refractivity contribution in [2.75, 3.05) is 13.2 Å². The van der Waals surface area contributed by atoms with Gasteiger partial charge in [0.05, 0.1) is 6.61 Å². The predicted molar refractivity (Wildman–Crippen MR) is 83.1 cm³/mol. The maximum atomic E-state index is 12.0. The fraction of sp³-hybridized carbons (Fsp3) is 0.471. The molecule has 1 amide bonds. The van der Waals surface area contributed by atoms with E-state index in [2.05, 4.69) is 5.32 Å². The van der Waals surface area contributed by atoms with Gasteiger partial charge in [0, 0.05) is 30.9 Å².